The Morgan fingerprint density at radius 2 is 1.87 bits per heavy atom. The lowest BCUT2D eigenvalue weighted by molar-refractivity contribution is -0.129. The van der Waals surface area contributed by atoms with E-state index in [1.54, 1.807) is 0 Å². The number of carbonyl (C=O) groups is 1. The molecule has 1 fully saturated rings. The van der Waals surface area contributed by atoms with Crippen molar-refractivity contribution < 1.29 is 4.79 Å². The average molecular weight is 443 g/mol. The van der Waals surface area contributed by atoms with Crippen LogP contribution in [0, 0.1) is 0 Å². The Morgan fingerprint density at radius 1 is 1.07 bits per heavy atom. The topological polar surface area (TPSA) is 66.1 Å². The molecule has 156 valence electrons. The Morgan fingerprint density at radius 3 is 2.67 bits per heavy atom. The molecule has 3 aliphatic heterocycles. The van der Waals surface area contributed by atoms with Crippen LogP contribution in [0.15, 0.2) is 40.4 Å². The van der Waals surface area contributed by atoms with Crippen molar-refractivity contribution in [2.24, 2.45) is 9.98 Å². The number of aromatic nitrogens is 2. The molecule has 4 heterocycles. The van der Waals surface area contributed by atoms with Gasteiger partial charge in [0.2, 0.25) is 5.91 Å². The van der Waals surface area contributed by atoms with Gasteiger partial charge in [-0.05, 0) is 49.9 Å². The largest absolute Gasteiger partial charge is 0.342 e. The number of hydrogen-bond donors (Lipinski definition) is 0. The van der Waals surface area contributed by atoms with E-state index in [-0.39, 0.29) is 5.91 Å². The van der Waals surface area contributed by atoms with Gasteiger partial charge in [0.05, 0.1) is 23.2 Å². The van der Waals surface area contributed by atoms with Crippen molar-refractivity contribution in [3.63, 3.8) is 0 Å². The second-order valence-corrected chi connectivity index (χ2v) is 8.98. The molecule has 3 aliphatic rings. The lowest BCUT2D eigenvalue weighted by Gasteiger charge is -2.33. The van der Waals surface area contributed by atoms with Crippen molar-refractivity contribution in [3.05, 3.63) is 41.0 Å². The molecule has 7 nitrogen and oxygen atoms in total. The van der Waals surface area contributed by atoms with Crippen LogP contribution in [0.1, 0.15) is 31.2 Å². The smallest absolute Gasteiger partial charge is 0.233 e. The number of aliphatic imine (C=N–C) groups is 2. The van der Waals surface area contributed by atoms with Gasteiger partial charge in [-0.2, -0.15) is 5.10 Å². The monoisotopic (exact) mass is 442 g/mol. The highest BCUT2D eigenvalue weighted by atomic mass is 35.5. The number of piperidine rings is 1. The number of amidine groups is 2. The van der Waals surface area contributed by atoms with E-state index in [1.807, 2.05) is 40.0 Å². The number of benzene rings is 1. The number of fused-ring (bicyclic) bond motifs is 3. The Hall–Kier alpha value is -2.32. The van der Waals surface area contributed by atoms with E-state index >= 15 is 0 Å². The Balaban J connectivity index is 1.44. The summed E-state index contributed by atoms with van der Waals surface area (Å²) >= 11 is 7.54. The molecular weight excluding hydrogens is 420 g/mol. The van der Waals surface area contributed by atoms with E-state index in [0.717, 1.165) is 73.5 Å². The quantitative estimate of drug-likeness (QED) is 0.726. The van der Waals surface area contributed by atoms with Crippen LogP contribution in [-0.4, -0.2) is 68.4 Å². The fourth-order valence-corrected chi connectivity index (χ4v) is 5.07. The van der Waals surface area contributed by atoms with Gasteiger partial charge in [-0.1, -0.05) is 23.4 Å². The molecule has 0 radical (unpaired) electrons. The van der Waals surface area contributed by atoms with Crippen LogP contribution in [0.25, 0.3) is 5.69 Å². The summed E-state index contributed by atoms with van der Waals surface area (Å²) in [4.78, 5) is 26.5. The molecular formula is C21H23ClN6OS. The second kappa shape index (κ2) is 8.43. The summed E-state index contributed by atoms with van der Waals surface area (Å²) in [7, 11) is 0. The molecule has 0 atom stereocenters. The molecule has 2 aromatic rings. The maximum Gasteiger partial charge on any atom is 0.233 e. The molecule has 0 N–H and O–H groups in total. The van der Waals surface area contributed by atoms with Gasteiger partial charge in [-0.3, -0.25) is 9.79 Å². The summed E-state index contributed by atoms with van der Waals surface area (Å²) in [6.07, 6.45) is 6.22. The molecule has 0 bridgehead atoms. The van der Waals surface area contributed by atoms with Crippen LogP contribution in [0.4, 0.5) is 5.82 Å². The standard InChI is InChI=1S/C21H23ClN6OS/c22-15-5-7-16(8-6-15)28-20-17(13-24-28)19-23-9-4-12-27(19)21(25-20)30-14-18(29)26-10-2-1-3-11-26/h5-8,13H,1-4,9-12,14H2. The Kier molecular flexibility index (Phi) is 5.52. The first kappa shape index (κ1) is 19.6. The third-order valence-electron chi connectivity index (χ3n) is 5.58. The molecule has 9 heteroatoms. The van der Waals surface area contributed by atoms with E-state index < -0.39 is 0 Å². The van der Waals surface area contributed by atoms with Crippen LogP contribution in [-0.2, 0) is 4.79 Å². The van der Waals surface area contributed by atoms with Crippen molar-refractivity contribution >= 4 is 46.1 Å². The molecule has 0 unspecified atom stereocenters. The maximum absolute atomic E-state index is 12.7. The van der Waals surface area contributed by atoms with Gasteiger partial charge >= 0.3 is 0 Å². The summed E-state index contributed by atoms with van der Waals surface area (Å²) < 4.78 is 1.81. The van der Waals surface area contributed by atoms with E-state index in [4.69, 9.17) is 21.6 Å². The van der Waals surface area contributed by atoms with Crippen LogP contribution < -0.4 is 0 Å². The minimum Gasteiger partial charge on any atom is -0.342 e. The van der Waals surface area contributed by atoms with Crippen LogP contribution >= 0.6 is 23.4 Å². The zero-order valence-corrected chi connectivity index (χ0v) is 18.2. The third kappa shape index (κ3) is 3.74. The van der Waals surface area contributed by atoms with Crippen molar-refractivity contribution in [2.75, 3.05) is 31.9 Å². The molecule has 0 aliphatic carbocycles. The lowest BCUT2D eigenvalue weighted by Crippen LogP contribution is -2.43. The number of carbonyl (C=O) groups excluding carboxylic acids is 1. The molecule has 1 aromatic carbocycles. The molecule has 30 heavy (non-hydrogen) atoms. The number of rotatable bonds is 3. The summed E-state index contributed by atoms with van der Waals surface area (Å²) in [6, 6.07) is 7.53. The highest BCUT2D eigenvalue weighted by Gasteiger charge is 2.32. The van der Waals surface area contributed by atoms with Gasteiger partial charge in [-0.15, -0.1) is 0 Å². The van der Waals surface area contributed by atoms with Gasteiger partial charge in [0.15, 0.2) is 11.0 Å². The van der Waals surface area contributed by atoms with E-state index in [1.165, 1.54) is 18.2 Å². The fraction of sp³-hybridized carbons (Fsp3) is 0.429. The zero-order chi connectivity index (χ0) is 20.5. The Bertz CT molecular complexity index is 1010. The lowest BCUT2D eigenvalue weighted by atomic mass is 10.1. The van der Waals surface area contributed by atoms with Crippen molar-refractivity contribution in [2.45, 2.75) is 25.7 Å². The SMILES string of the molecule is O=C(CSC1=Nc2c(cnn2-c2ccc(Cl)cc2)C2=NCCCN12)N1CCCCC1. The van der Waals surface area contributed by atoms with E-state index in [0.29, 0.717) is 10.8 Å². The minimum absolute atomic E-state index is 0.190. The van der Waals surface area contributed by atoms with Crippen molar-refractivity contribution in [1.29, 1.82) is 0 Å². The average Bonchev–Trinajstić information content (AvgIpc) is 3.22. The number of likely N-dealkylation sites (tertiary alicyclic amines) is 1. The third-order valence-corrected chi connectivity index (χ3v) is 6.79. The first-order chi connectivity index (χ1) is 14.7. The van der Waals surface area contributed by atoms with Crippen LogP contribution in [0.5, 0.6) is 0 Å². The predicted molar refractivity (Wildman–Crippen MR) is 121 cm³/mol. The summed E-state index contributed by atoms with van der Waals surface area (Å²) in [6.45, 7) is 3.39. The number of nitrogens with zero attached hydrogens (tertiary/aromatic N) is 6. The van der Waals surface area contributed by atoms with Gasteiger partial charge in [0, 0.05) is 31.2 Å². The highest BCUT2D eigenvalue weighted by molar-refractivity contribution is 8.14. The number of thioether (sulfide) groups is 1. The molecule has 0 spiro atoms. The molecule has 0 saturated carbocycles. The van der Waals surface area contributed by atoms with Crippen LogP contribution in [0.2, 0.25) is 5.02 Å². The predicted octanol–water partition coefficient (Wildman–Crippen LogP) is 3.72. The summed E-state index contributed by atoms with van der Waals surface area (Å²) in [5.74, 6) is 2.24. The van der Waals surface area contributed by atoms with Crippen molar-refractivity contribution in [3.8, 4) is 5.69 Å². The van der Waals surface area contributed by atoms with Crippen LogP contribution in [0.3, 0.4) is 0 Å². The fourth-order valence-electron chi connectivity index (χ4n) is 4.02. The molecule has 1 aromatic heterocycles. The van der Waals surface area contributed by atoms with E-state index in [2.05, 4.69) is 10.00 Å². The number of amides is 1. The Labute approximate surface area is 184 Å². The van der Waals surface area contributed by atoms with Gasteiger partial charge in [0.1, 0.15) is 5.84 Å². The summed E-state index contributed by atoms with van der Waals surface area (Å²) in [5, 5.41) is 6.07. The van der Waals surface area contributed by atoms with Gasteiger partial charge in [-0.25, -0.2) is 9.67 Å². The number of halogens is 1. The van der Waals surface area contributed by atoms with E-state index in [9.17, 15) is 4.79 Å². The first-order valence-corrected chi connectivity index (χ1v) is 11.7. The maximum atomic E-state index is 12.7. The normalized spacial score (nSPS) is 18.4. The zero-order valence-electron chi connectivity index (χ0n) is 16.6. The highest BCUT2D eigenvalue weighted by Crippen LogP contribution is 2.33. The van der Waals surface area contributed by atoms with Crippen molar-refractivity contribution in [1.82, 2.24) is 19.6 Å². The second-order valence-electron chi connectivity index (χ2n) is 7.61. The van der Waals surface area contributed by atoms with Gasteiger partial charge < -0.3 is 9.80 Å². The molecule has 1 amide bonds. The summed E-state index contributed by atoms with van der Waals surface area (Å²) in [5.41, 5.74) is 1.82. The first-order valence-electron chi connectivity index (χ1n) is 10.4. The number of hydrogen-bond acceptors (Lipinski definition) is 6. The molecule has 5 rings (SSSR count). The minimum atomic E-state index is 0.190. The molecule has 1 saturated heterocycles. The van der Waals surface area contributed by atoms with Gasteiger partial charge in [0.25, 0.3) is 0 Å².